The molecule has 0 aliphatic rings. The number of carbonyl (C=O) groups is 1. The molecule has 0 aromatic heterocycles. The van der Waals surface area contributed by atoms with Gasteiger partial charge < -0.3 is 11.1 Å². The quantitative estimate of drug-likeness (QED) is 0.866. The summed E-state index contributed by atoms with van der Waals surface area (Å²) in [5, 5.41) is 2.64. The third-order valence-electron chi connectivity index (χ3n) is 2.41. The van der Waals surface area contributed by atoms with E-state index in [4.69, 9.17) is 5.73 Å². The monoisotopic (exact) mass is 260 g/mol. The van der Waals surface area contributed by atoms with Gasteiger partial charge >= 0.3 is 6.18 Å². The highest BCUT2D eigenvalue weighted by Crippen LogP contribution is 2.29. The second-order valence-electron chi connectivity index (χ2n) is 4.08. The predicted molar refractivity (Wildman–Crippen MR) is 61.8 cm³/mol. The molecule has 100 valence electrons. The van der Waals surface area contributed by atoms with E-state index >= 15 is 0 Å². The van der Waals surface area contributed by atoms with E-state index in [1.165, 1.54) is 12.1 Å². The topological polar surface area (TPSA) is 55.1 Å². The van der Waals surface area contributed by atoms with Crippen LogP contribution in [-0.4, -0.2) is 18.5 Å². The fourth-order valence-electron chi connectivity index (χ4n) is 1.38. The van der Waals surface area contributed by atoms with Crippen molar-refractivity contribution in [3.63, 3.8) is 0 Å². The number of rotatable bonds is 4. The van der Waals surface area contributed by atoms with Crippen molar-refractivity contribution >= 4 is 5.91 Å². The largest absolute Gasteiger partial charge is 0.416 e. The van der Waals surface area contributed by atoms with Gasteiger partial charge in [0.05, 0.1) is 12.0 Å². The van der Waals surface area contributed by atoms with Crippen LogP contribution in [0.4, 0.5) is 13.2 Å². The zero-order chi connectivity index (χ0) is 13.8. The number of halogens is 3. The maximum Gasteiger partial charge on any atom is 0.416 e. The standard InChI is InChI=1S/C12H15F3N2O/c1-8(7-16)17-11(18)6-9-2-4-10(5-3-9)12(13,14)15/h2-5,8H,6-7,16H2,1H3,(H,17,18)/t8-/m0/s1. The van der Waals surface area contributed by atoms with Gasteiger partial charge in [-0.3, -0.25) is 4.79 Å². The molecular weight excluding hydrogens is 245 g/mol. The Morgan fingerprint density at radius 1 is 1.33 bits per heavy atom. The molecular formula is C12H15F3N2O. The maximum absolute atomic E-state index is 12.3. The van der Waals surface area contributed by atoms with E-state index in [1.807, 2.05) is 0 Å². The lowest BCUT2D eigenvalue weighted by Crippen LogP contribution is -2.38. The molecule has 0 spiro atoms. The molecule has 0 bridgehead atoms. The number of carbonyl (C=O) groups excluding carboxylic acids is 1. The number of amides is 1. The van der Waals surface area contributed by atoms with Crippen molar-refractivity contribution < 1.29 is 18.0 Å². The fourth-order valence-corrected chi connectivity index (χ4v) is 1.38. The van der Waals surface area contributed by atoms with Crippen LogP contribution in [-0.2, 0) is 17.4 Å². The number of hydrogen-bond acceptors (Lipinski definition) is 2. The van der Waals surface area contributed by atoms with Gasteiger partial charge in [0.2, 0.25) is 5.91 Å². The second-order valence-corrected chi connectivity index (χ2v) is 4.08. The van der Waals surface area contributed by atoms with E-state index in [-0.39, 0.29) is 18.4 Å². The van der Waals surface area contributed by atoms with Crippen molar-refractivity contribution in [1.29, 1.82) is 0 Å². The molecule has 1 atom stereocenters. The Balaban J connectivity index is 2.61. The average molecular weight is 260 g/mol. The summed E-state index contributed by atoms with van der Waals surface area (Å²) >= 11 is 0. The summed E-state index contributed by atoms with van der Waals surface area (Å²) < 4.78 is 36.9. The lowest BCUT2D eigenvalue weighted by atomic mass is 10.1. The average Bonchev–Trinajstić information content (AvgIpc) is 2.28. The lowest BCUT2D eigenvalue weighted by Gasteiger charge is -2.11. The molecule has 3 N–H and O–H groups in total. The first-order chi connectivity index (χ1) is 8.32. The normalized spacial score (nSPS) is 13.2. The molecule has 18 heavy (non-hydrogen) atoms. The first-order valence-electron chi connectivity index (χ1n) is 5.48. The third kappa shape index (κ3) is 4.37. The minimum absolute atomic E-state index is 0.0441. The Morgan fingerprint density at radius 2 is 1.89 bits per heavy atom. The zero-order valence-corrected chi connectivity index (χ0v) is 9.92. The van der Waals surface area contributed by atoms with Gasteiger partial charge in [-0.05, 0) is 24.6 Å². The van der Waals surface area contributed by atoms with Gasteiger partial charge in [0.1, 0.15) is 0 Å². The number of alkyl halides is 3. The number of nitrogens with two attached hydrogens (primary N) is 1. The lowest BCUT2D eigenvalue weighted by molar-refractivity contribution is -0.137. The van der Waals surface area contributed by atoms with Crippen molar-refractivity contribution in [2.45, 2.75) is 25.6 Å². The molecule has 1 aromatic rings. The van der Waals surface area contributed by atoms with E-state index in [9.17, 15) is 18.0 Å². The van der Waals surface area contributed by atoms with Crippen LogP contribution < -0.4 is 11.1 Å². The fraction of sp³-hybridized carbons (Fsp3) is 0.417. The molecule has 0 aliphatic carbocycles. The van der Waals surface area contributed by atoms with Gasteiger partial charge in [-0.25, -0.2) is 0 Å². The van der Waals surface area contributed by atoms with E-state index in [0.29, 0.717) is 12.1 Å². The van der Waals surface area contributed by atoms with Crippen molar-refractivity contribution in [3.05, 3.63) is 35.4 Å². The first-order valence-corrected chi connectivity index (χ1v) is 5.48. The highest BCUT2D eigenvalue weighted by atomic mass is 19.4. The molecule has 1 rings (SSSR count). The van der Waals surface area contributed by atoms with Crippen LogP contribution in [0.15, 0.2) is 24.3 Å². The third-order valence-corrected chi connectivity index (χ3v) is 2.41. The Morgan fingerprint density at radius 3 is 2.33 bits per heavy atom. The number of hydrogen-bond donors (Lipinski definition) is 2. The summed E-state index contributed by atoms with van der Waals surface area (Å²) in [7, 11) is 0. The molecule has 1 amide bonds. The molecule has 0 unspecified atom stereocenters. The highest BCUT2D eigenvalue weighted by molar-refractivity contribution is 5.78. The van der Waals surface area contributed by atoms with E-state index in [0.717, 1.165) is 12.1 Å². The maximum atomic E-state index is 12.3. The molecule has 0 saturated heterocycles. The predicted octanol–water partition coefficient (Wildman–Crippen LogP) is 1.71. The molecule has 0 radical (unpaired) electrons. The summed E-state index contributed by atoms with van der Waals surface area (Å²) in [6.45, 7) is 2.07. The van der Waals surface area contributed by atoms with Crippen molar-refractivity contribution in [2.24, 2.45) is 5.73 Å². The van der Waals surface area contributed by atoms with Crippen LogP contribution in [0.3, 0.4) is 0 Å². The van der Waals surface area contributed by atoms with E-state index in [1.54, 1.807) is 6.92 Å². The molecule has 6 heteroatoms. The Hall–Kier alpha value is -1.56. The summed E-state index contributed by atoms with van der Waals surface area (Å²) in [5.74, 6) is -0.257. The smallest absolute Gasteiger partial charge is 0.352 e. The summed E-state index contributed by atoms with van der Waals surface area (Å²) in [5.41, 5.74) is 5.15. The van der Waals surface area contributed by atoms with Gasteiger partial charge in [0.25, 0.3) is 0 Å². The van der Waals surface area contributed by atoms with Gasteiger partial charge in [-0.2, -0.15) is 13.2 Å². The van der Waals surface area contributed by atoms with E-state index < -0.39 is 11.7 Å². The molecule has 3 nitrogen and oxygen atoms in total. The summed E-state index contributed by atoms with van der Waals surface area (Å²) in [6.07, 6.45) is -4.31. The molecule has 0 saturated carbocycles. The van der Waals surface area contributed by atoms with Crippen LogP contribution in [0.2, 0.25) is 0 Å². The van der Waals surface area contributed by atoms with Crippen LogP contribution in [0.25, 0.3) is 0 Å². The zero-order valence-electron chi connectivity index (χ0n) is 9.92. The van der Waals surface area contributed by atoms with Crippen molar-refractivity contribution in [3.8, 4) is 0 Å². The molecule has 1 aromatic carbocycles. The van der Waals surface area contributed by atoms with Gasteiger partial charge in [-0.1, -0.05) is 12.1 Å². The molecule has 0 heterocycles. The van der Waals surface area contributed by atoms with E-state index in [2.05, 4.69) is 5.32 Å². The number of nitrogens with one attached hydrogen (secondary N) is 1. The minimum atomic E-state index is -4.35. The minimum Gasteiger partial charge on any atom is -0.352 e. The SMILES string of the molecule is C[C@@H](CN)NC(=O)Cc1ccc(C(F)(F)F)cc1. The van der Waals surface area contributed by atoms with Crippen molar-refractivity contribution in [2.75, 3.05) is 6.54 Å². The number of benzene rings is 1. The van der Waals surface area contributed by atoms with Crippen LogP contribution >= 0.6 is 0 Å². The first kappa shape index (κ1) is 14.5. The van der Waals surface area contributed by atoms with Gasteiger partial charge in [0.15, 0.2) is 0 Å². The van der Waals surface area contributed by atoms with Gasteiger partial charge in [0, 0.05) is 12.6 Å². The Kier molecular flexibility index (Phi) is 4.72. The Labute approximate surface area is 103 Å². The van der Waals surface area contributed by atoms with Crippen LogP contribution in [0, 0.1) is 0 Å². The van der Waals surface area contributed by atoms with Crippen LogP contribution in [0.1, 0.15) is 18.1 Å². The highest BCUT2D eigenvalue weighted by Gasteiger charge is 2.29. The summed E-state index contributed by atoms with van der Waals surface area (Å²) in [4.78, 5) is 11.5. The Bertz CT molecular complexity index is 401. The molecule has 0 aliphatic heterocycles. The molecule has 0 fully saturated rings. The second kappa shape index (κ2) is 5.86. The van der Waals surface area contributed by atoms with Crippen molar-refractivity contribution in [1.82, 2.24) is 5.32 Å². The summed E-state index contributed by atoms with van der Waals surface area (Å²) in [6, 6.07) is 4.39. The van der Waals surface area contributed by atoms with Crippen LogP contribution in [0.5, 0.6) is 0 Å². The van der Waals surface area contributed by atoms with Gasteiger partial charge in [-0.15, -0.1) is 0 Å².